The Morgan fingerprint density at radius 3 is 2.53 bits per heavy atom. The van der Waals surface area contributed by atoms with Crippen LogP contribution >= 0.6 is 24.0 Å². The van der Waals surface area contributed by atoms with Crippen LogP contribution in [-0.2, 0) is 10.2 Å². The summed E-state index contributed by atoms with van der Waals surface area (Å²) in [6.07, 6.45) is 2.77. The molecule has 30 heavy (non-hydrogen) atoms. The van der Waals surface area contributed by atoms with Crippen LogP contribution in [-0.4, -0.2) is 38.9 Å². The van der Waals surface area contributed by atoms with E-state index in [2.05, 4.69) is 36.5 Å². The van der Waals surface area contributed by atoms with Crippen molar-refractivity contribution in [2.75, 3.05) is 38.3 Å². The van der Waals surface area contributed by atoms with Gasteiger partial charge in [-0.3, -0.25) is 4.99 Å². The molecule has 0 saturated carbocycles. The minimum absolute atomic E-state index is 0. The quantitative estimate of drug-likeness (QED) is 0.356. The van der Waals surface area contributed by atoms with Crippen molar-refractivity contribution in [3.05, 3.63) is 53.6 Å². The molecule has 0 aromatic heterocycles. The van der Waals surface area contributed by atoms with Gasteiger partial charge in [0.15, 0.2) is 17.5 Å². The molecule has 7 heteroatoms. The third-order valence-corrected chi connectivity index (χ3v) is 5.74. The van der Waals surface area contributed by atoms with Gasteiger partial charge in [-0.15, -0.1) is 24.0 Å². The second kappa shape index (κ2) is 10.3. The van der Waals surface area contributed by atoms with Gasteiger partial charge in [-0.05, 0) is 43.0 Å². The molecule has 3 N–H and O–H groups in total. The molecule has 0 radical (unpaired) electrons. The minimum Gasteiger partial charge on any atom is -0.490 e. The van der Waals surface area contributed by atoms with Gasteiger partial charge in [-0.1, -0.05) is 24.3 Å². The number of halogens is 1. The predicted molar refractivity (Wildman–Crippen MR) is 130 cm³/mol. The first kappa shape index (κ1) is 22.7. The molecule has 0 bridgehead atoms. The van der Waals surface area contributed by atoms with Crippen molar-refractivity contribution in [2.45, 2.75) is 31.6 Å². The van der Waals surface area contributed by atoms with Crippen LogP contribution in [0.4, 0.5) is 5.69 Å². The van der Waals surface area contributed by atoms with Gasteiger partial charge >= 0.3 is 0 Å². The van der Waals surface area contributed by atoms with E-state index in [1.807, 2.05) is 18.2 Å². The van der Waals surface area contributed by atoms with Crippen LogP contribution in [0.2, 0.25) is 0 Å². The van der Waals surface area contributed by atoms with Crippen LogP contribution < -0.4 is 20.5 Å². The lowest BCUT2D eigenvalue weighted by molar-refractivity contribution is 0.0529. The zero-order valence-electron chi connectivity index (χ0n) is 17.4. The van der Waals surface area contributed by atoms with Gasteiger partial charge in [0, 0.05) is 36.8 Å². The summed E-state index contributed by atoms with van der Waals surface area (Å²) in [6, 6.07) is 14.3. The summed E-state index contributed by atoms with van der Waals surface area (Å²) in [4.78, 5) is 4.72. The number of nitrogens with zero attached hydrogens (tertiary/aromatic N) is 1. The number of aryl methyl sites for hydroxylation is 1. The molecule has 6 nitrogen and oxygen atoms in total. The highest BCUT2D eigenvalue weighted by Gasteiger charge is 2.35. The highest BCUT2D eigenvalue weighted by atomic mass is 127. The normalized spacial score (nSPS) is 18.1. The molecule has 0 spiro atoms. The van der Waals surface area contributed by atoms with Crippen LogP contribution in [0.5, 0.6) is 11.5 Å². The number of anilines is 1. The first-order valence-electron chi connectivity index (χ1n) is 10.3. The maximum absolute atomic E-state index is 6.24. The van der Waals surface area contributed by atoms with E-state index in [-0.39, 0.29) is 29.4 Å². The Balaban J connectivity index is 0.00000256. The van der Waals surface area contributed by atoms with Gasteiger partial charge in [-0.2, -0.15) is 0 Å². The monoisotopic (exact) mass is 523 g/mol. The van der Waals surface area contributed by atoms with E-state index in [4.69, 9.17) is 24.9 Å². The number of hydrogen-bond donors (Lipinski definition) is 2. The first-order valence-corrected chi connectivity index (χ1v) is 10.3. The Hall–Kier alpha value is -2.00. The van der Waals surface area contributed by atoms with Crippen LogP contribution in [0.3, 0.4) is 0 Å². The van der Waals surface area contributed by atoms with E-state index >= 15 is 0 Å². The first-order chi connectivity index (χ1) is 14.2. The van der Waals surface area contributed by atoms with E-state index in [0.29, 0.717) is 25.7 Å². The highest BCUT2D eigenvalue weighted by molar-refractivity contribution is 14.0. The Bertz CT molecular complexity index is 882. The van der Waals surface area contributed by atoms with Gasteiger partial charge in [0.25, 0.3) is 0 Å². The van der Waals surface area contributed by atoms with Crippen molar-refractivity contribution < 1.29 is 14.2 Å². The number of nitrogens with one attached hydrogen (secondary N) is 1. The number of guanidine groups is 1. The second-order valence-corrected chi connectivity index (χ2v) is 7.75. The Labute approximate surface area is 195 Å². The molecule has 1 saturated heterocycles. The lowest BCUT2D eigenvalue weighted by atomic mass is 9.72. The van der Waals surface area contributed by atoms with Crippen LogP contribution in [0.15, 0.2) is 47.5 Å². The summed E-state index contributed by atoms with van der Waals surface area (Å²) in [7, 11) is 0. The van der Waals surface area contributed by atoms with Crippen molar-refractivity contribution in [3.8, 4) is 11.5 Å². The Morgan fingerprint density at radius 1 is 1.03 bits per heavy atom. The van der Waals surface area contributed by atoms with Crippen molar-refractivity contribution in [2.24, 2.45) is 10.7 Å². The molecule has 1 fully saturated rings. The lowest BCUT2D eigenvalue weighted by Gasteiger charge is -2.37. The number of rotatable bonds is 4. The van der Waals surface area contributed by atoms with E-state index < -0.39 is 0 Å². The summed E-state index contributed by atoms with van der Waals surface area (Å²) in [6.45, 7) is 5.62. The van der Waals surface area contributed by atoms with E-state index in [9.17, 15) is 0 Å². The molecule has 2 aliphatic rings. The highest BCUT2D eigenvalue weighted by Crippen LogP contribution is 2.37. The average molecular weight is 523 g/mol. The van der Waals surface area contributed by atoms with Crippen molar-refractivity contribution in [1.29, 1.82) is 0 Å². The molecule has 0 aliphatic carbocycles. The maximum atomic E-state index is 6.24. The summed E-state index contributed by atoms with van der Waals surface area (Å²) in [5, 5.41) is 3.20. The fourth-order valence-electron chi connectivity index (χ4n) is 4.11. The van der Waals surface area contributed by atoms with E-state index in [1.165, 1.54) is 11.1 Å². The summed E-state index contributed by atoms with van der Waals surface area (Å²) >= 11 is 0. The number of nitrogens with two attached hydrogens (primary N) is 1. The number of benzene rings is 2. The molecule has 162 valence electrons. The largest absolute Gasteiger partial charge is 0.490 e. The van der Waals surface area contributed by atoms with E-state index in [1.54, 1.807) is 0 Å². The molecule has 0 amide bonds. The second-order valence-electron chi connectivity index (χ2n) is 7.75. The number of aliphatic imine (C=N–C) groups is 1. The molecular formula is C23H30IN3O3. The molecule has 0 atom stereocenters. The van der Waals surface area contributed by atoms with Crippen LogP contribution in [0.1, 0.15) is 30.4 Å². The maximum Gasteiger partial charge on any atom is 0.193 e. The van der Waals surface area contributed by atoms with Crippen molar-refractivity contribution in [1.82, 2.24) is 0 Å². The topological polar surface area (TPSA) is 78.1 Å². The summed E-state index contributed by atoms with van der Waals surface area (Å²) in [5.41, 5.74) is 9.67. The number of fused-ring (bicyclic) bond motifs is 1. The average Bonchev–Trinajstić information content (AvgIpc) is 2.98. The van der Waals surface area contributed by atoms with E-state index in [0.717, 1.165) is 49.7 Å². The number of hydrogen-bond acceptors (Lipinski definition) is 4. The smallest absolute Gasteiger partial charge is 0.193 e. The van der Waals surface area contributed by atoms with Gasteiger partial charge in [0.05, 0.1) is 19.8 Å². The number of ether oxygens (including phenoxy) is 3. The molecule has 2 aromatic carbocycles. The predicted octanol–water partition coefficient (Wildman–Crippen LogP) is 4.25. The van der Waals surface area contributed by atoms with Gasteiger partial charge in [-0.25, -0.2) is 0 Å². The summed E-state index contributed by atoms with van der Waals surface area (Å²) < 4.78 is 17.1. The molecule has 2 heterocycles. The molecule has 2 aromatic rings. The van der Waals surface area contributed by atoms with Crippen LogP contribution in [0, 0.1) is 6.92 Å². The Kier molecular flexibility index (Phi) is 7.82. The Morgan fingerprint density at radius 2 is 1.77 bits per heavy atom. The zero-order chi connectivity index (χ0) is 20.1. The zero-order valence-corrected chi connectivity index (χ0v) is 19.7. The fraction of sp³-hybridized carbons (Fsp3) is 0.435. The van der Waals surface area contributed by atoms with Crippen molar-refractivity contribution in [3.63, 3.8) is 0 Å². The molecule has 4 rings (SSSR count). The van der Waals surface area contributed by atoms with Gasteiger partial charge in [0.2, 0.25) is 0 Å². The third-order valence-electron chi connectivity index (χ3n) is 5.74. The standard InChI is InChI=1S/C23H29N3O3.HI/c1-17-5-2-3-6-19(17)23(9-13-27-14-10-23)16-25-22(24)26-18-7-8-20-21(15-18)29-12-4-11-28-20;/h2-3,5-8,15H,4,9-14,16H2,1H3,(H3,24,25,26);1H. The molecular weight excluding hydrogens is 493 g/mol. The van der Waals surface area contributed by atoms with Crippen LogP contribution in [0.25, 0.3) is 0 Å². The van der Waals surface area contributed by atoms with Gasteiger partial charge in [0.1, 0.15) is 0 Å². The molecule has 2 aliphatic heterocycles. The lowest BCUT2D eigenvalue weighted by Crippen LogP contribution is -2.38. The SMILES string of the molecule is Cc1ccccc1C1(CN=C(N)Nc2ccc3c(c2)OCCCO3)CCOCC1.I. The minimum atomic E-state index is -0.0411. The van der Waals surface area contributed by atoms with Crippen molar-refractivity contribution >= 4 is 35.6 Å². The fourth-order valence-corrected chi connectivity index (χ4v) is 4.11. The van der Waals surface area contributed by atoms with Gasteiger partial charge < -0.3 is 25.3 Å². The third kappa shape index (κ3) is 5.18. The summed E-state index contributed by atoms with van der Waals surface area (Å²) in [5.74, 6) is 1.91. The molecule has 0 unspecified atom stereocenters.